The quantitative estimate of drug-likeness (QED) is 0.781. The highest BCUT2D eigenvalue weighted by atomic mass is 19.2. The normalized spacial score (nSPS) is 10.5. The molecule has 3 rings (SSSR count). The number of amides is 1. The second-order valence-corrected chi connectivity index (χ2v) is 4.49. The summed E-state index contributed by atoms with van der Waals surface area (Å²) >= 11 is 0. The van der Waals surface area contributed by atoms with Crippen LogP contribution in [0.3, 0.4) is 0 Å². The number of carbonyl (C=O) groups is 1. The molecule has 2 aromatic heterocycles. The fourth-order valence-electron chi connectivity index (χ4n) is 1.87. The summed E-state index contributed by atoms with van der Waals surface area (Å²) in [5, 5.41) is 9.07. The summed E-state index contributed by atoms with van der Waals surface area (Å²) in [5.74, 6) is -2.51. The van der Waals surface area contributed by atoms with Crippen LogP contribution < -0.4 is 5.32 Å². The van der Waals surface area contributed by atoms with E-state index in [1.807, 2.05) is 0 Å². The first-order chi connectivity index (χ1) is 10.6. The lowest BCUT2D eigenvalue weighted by Crippen LogP contribution is -2.12. The first-order valence-corrected chi connectivity index (χ1v) is 6.36. The topological polar surface area (TPSA) is 70.7 Å². The highest BCUT2D eigenvalue weighted by Crippen LogP contribution is 2.17. The van der Waals surface area contributed by atoms with Crippen molar-refractivity contribution in [3.63, 3.8) is 0 Å². The monoisotopic (exact) mass is 300 g/mol. The fraction of sp³-hybridized carbons (Fsp3) is 0. The van der Waals surface area contributed by atoms with Crippen LogP contribution in [0.25, 0.3) is 11.3 Å². The Morgan fingerprint density at radius 3 is 2.73 bits per heavy atom. The van der Waals surface area contributed by atoms with E-state index >= 15 is 0 Å². The number of hydrogen-bond donors (Lipinski definition) is 2. The van der Waals surface area contributed by atoms with E-state index in [9.17, 15) is 13.6 Å². The van der Waals surface area contributed by atoms with Gasteiger partial charge in [-0.2, -0.15) is 5.10 Å². The minimum atomic E-state index is -1.03. The Balaban J connectivity index is 1.78. The smallest absolute Gasteiger partial charge is 0.273 e. The molecule has 22 heavy (non-hydrogen) atoms. The van der Waals surface area contributed by atoms with Crippen molar-refractivity contribution in [2.75, 3.05) is 5.32 Å². The van der Waals surface area contributed by atoms with Crippen molar-refractivity contribution >= 4 is 11.6 Å². The minimum Gasteiger partial charge on any atom is -0.321 e. The molecule has 2 N–H and O–H groups in total. The number of nitrogens with zero attached hydrogens (tertiary/aromatic N) is 2. The number of H-pyrrole nitrogens is 1. The van der Waals surface area contributed by atoms with Gasteiger partial charge in [0.25, 0.3) is 5.91 Å². The largest absolute Gasteiger partial charge is 0.321 e. The van der Waals surface area contributed by atoms with Gasteiger partial charge in [-0.1, -0.05) is 0 Å². The molecule has 0 aliphatic carbocycles. The molecule has 110 valence electrons. The Bertz CT molecular complexity index is 817. The Labute approximate surface area is 124 Å². The van der Waals surface area contributed by atoms with E-state index in [0.717, 1.165) is 17.7 Å². The zero-order valence-electron chi connectivity index (χ0n) is 11.2. The van der Waals surface area contributed by atoms with Crippen LogP contribution in [0.4, 0.5) is 14.5 Å². The maximum absolute atomic E-state index is 13.1. The first kappa shape index (κ1) is 13.9. The second-order valence-electron chi connectivity index (χ2n) is 4.49. The van der Waals surface area contributed by atoms with E-state index < -0.39 is 17.5 Å². The van der Waals surface area contributed by atoms with Gasteiger partial charge in [0.15, 0.2) is 11.6 Å². The highest BCUT2D eigenvalue weighted by molar-refractivity contribution is 6.03. The van der Waals surface area contributed by atoms with Crippen LogP contribution in [0, 0.1) is 11.6 Å². The van der Waals surface area contributed by atoms with Crippen LogP contribution in [0.2, 0.25) is 0 Å². The number of carbonyl (C=O) groups excluding carboxylic acids is 1. The van der Waals surface area contributed by atoms with Crippen LogP contribution in [0.15, 0.2) is 48.8 Å². The molecule has 0 fully saturated rings. The van der Waals surface area contributed by atoms with E-state index in [2.05, 4.69) is 20.5 Å². The minimum absolute atomic E-state index is 0.154. The lowest BCUT2D eigenvalue weighted by atomic mass is 10.2. The summed E-state index contributed by atoms with van der Waals surface area (Å²) in [6.45, 7) is 0. The lowest BCUT2D eigenvalue weighted by Gasteiger charge is -2.03. The standard InChI is InChI=1S/C15H10F2N4O/c16-11-4-3-10(6-12(11)17)19-15(22)14-7-13(20-21-14)9-2-1-5-18-8-9/h1-8H,(H,19,22)(H,20,21). The molecule has 0 unspecified atom stereocenters. The van der Waals surface area contributed by atoms with Crippen molar-refractivity contribution in [3.05, 3.63) is 66.1 Å². The molecule has 0 radical (unpaired) electrons. The van der Waals surface area contributed by atoms with Gasteiger partial charge in [-0.05, 0) is 30.3 Å². The summed E-state index contributed by atoms with van der Waals surface area (Å²) in [5.41, 5.74) is 1.67. The summed E-state index contributed by atoms with van der Waals surface area (Å²) in [4.78, 5) is 16.0. The number of pyridine rings is 1. The van der Waals surface area contributed by atoms with Gasteiger partial charge in [-0.3, -0.25) is 14.9 Å². The van der Waals surface area contributed by atoms with Crippen LogP contribution in [-0.2, 0) is 0 Å². The number of nitrogens with one attached hydrogen (secondary N) is 2. The molecule has 7 heteroatoms. The molecular formula is C15H10F2N4O. The zero-order chi connectivity index (χ0) is 15.5. The predicted molar refractivity (Wildman–Crippen MR) is 76.1 cm³/mol. The van der Waals surface area contributed by atoms with Crippen LogP contribution in [0.1, 0.15) is 10.5 Å². The average Bonchev–Trinajstić information content (AvgIpc) is 3.02. The summed E-state index contributed by atoms with van der Waals surface area (Å²) < 4.78 is 25.9. The Morgan fingerprint density at radius 2 is 2.00 bits per heavy atom. The van der Waals surface area contributed by atoms with Crippen LogP contribution in [0.5, 0.6) is 0 Å². The number of hydrogen-bond acceptors (Lipinski definition) is 3. The van der Waals surface area contributed by atoms with Crippen molar-refractivity contribution in [2.24, 2.45) is 0 Å². The van der Waals surface area contributed by atoms with Crippen LogP contribution >= 0.6 is 0 Å². The van der Waals surface area contributed by atoms with Gasteiger partial charge in [0, 0.05) is 29.7 Å². The molecule has 0 bridgehead atoms. The molecular weight excluding hydrogens is 290 g/mol. The number of aromatic nitrogens is 3. The van der Waals surface area contributed by atoms with Crippen molar-refractivity contribution in [1.82, 2.24) is 15.2 Å². The van der Waals surface area contributed by atoms with Crippen molar-refractivity contribution in [2.45, 2.75) is 0 Å². The third-order valence-corrected chi connectivity index (χ3v) is 2.96. The van der Waals surface area contributed by atoms with Crippen molar-refractivity contribution < 1.29 is 13.6 Å². The summed E-state index contributed by atoms with van der Waals surface area (Å²) in [6, 6.07) is 8.23. The van der Waals surface area contributed by atoms with Crippen molar-refractivity contribution in [3.8, 4) is 11.3 Å². The van der Waals surface area contributed by atoms with Gasteiger partial charge in [0.1, 0.15) is 5.69 Å². The molecule has 1 aromatic carbocycles. The fourth-order valence-corrected chi connectivity index (χ4v) is 1.87. The van der Waals surface area contributed by atoms with Gasteiger partial charge in [0.05, 0.1) is 5.69 Å². The Kier molecular flexibility index (Phi) is 3.61. The third kappa shape index (κ3) is 2.83. The van der Waals surface area contributed by atoms with Crippen molar-refractivity contribution in [1.29, 1.82) is 0 Å². The average molecular weight is 300 g/mol. The number of rotatable bonds is 3. The highest BCUT2D eigenvalue weighted by Gasteiger charge is 2.12. The molecule has 3 aromatic rings. The Morgan fingerprint density at radius 1 is 1.14 bits per heavy atom. The molecule has 0 aliphatic heterocycles. The lowest BCUT2D eigenvalue weighted by molar-refractivity contribution is 0.102. The molecule has 0 saturated heterocycles. The van der Waals surface area contributed by atoms with Gasteiger partial charge >= 0.3 is 0 Å². The molecule has 0 atom stereocenters. The van der Waals surface area contributed by atoms with E-state index in [1.165, 1.54) is 6.07 Å². The zero-order valence-corrected chi connectivity index (χ0v) is 11.2. The van der Waals surface area contributed by atoms with E-state index in [4.69, 9.17) is 0 Å². The number of anilines is 1. The number of benzene rings is 1. The summed E-state index contributed by atoms with van der Waals surface area (Å²) in [7, 11) is 0. The molecule has 2 heterocycles. The second kappa shape index (κ2) is 5.72. The number of aromatic amines is 1. The van der Waals surface area contributed by atoms with Gasteiger partial charge < -0.3 is 5.32 Å². The molecule has 0 spiro atoms. The van der Waals surface area contributed by atoms with Gasteiger partial charge in [0.2, 0.25) is 0 Å². The third-order valence-electron chi connectivity index (χ3n) is 2.96. The first-order valence-electron chi connectivity index (χ1n) is 6.36. The van der Waals surface area contributed by atoms with E-state index in [0.29, 0.717) is 5.69 Å². The predicted octanol–water partition coefficient (Wildman–Crippen LogP) is 3.00. The maximum atomic E-state index is 13.1. The maximum Gasteiger partial charge on any atom is 0.273 e. The number of halogens is 2. The molecule has 0 aliphatic rings. The SMILES string of the molecule is O=C(Nc1ccc(F)c(F)c1)c1cc(-c2cccnc2)n[nH]1. The molecule has 0 saturated carbocycles. The molecule has 5 nitrogen and oxygen atoms in total. The van der Waals surface area contributed by atoms with Crippen LogP contribution in [-0.4, -0.2) is 21.1 Å². The molecule has 1 amide bonds. The summed E-state index contributed by atoms with van der Waals surface area (Å²) in [6.07, 6.45) is 3.25. The van der Waals surface area contributed by atoms with E-state index in [1.54, 1.807) is 30.6 Å². The van der Waals surface area contributed by atoms with Gasteiger partial charge in [-0.15, -0.1) is 0 Å². The van der Waals surface area contributed by atoms with Gasteiger partial charge in [-0.25, -0.2) is 8.78 Å². The van der Waals surface area contributed by atoms with E-state index in [-0.39, 0.29) is 11.4 Å². The Hall–Kier alpha value is -3.09.